The molecular formula is C14H14N4O2. The van der Waals surface area contributed by atoms with Crippen LogP contribution in [0.15, 0.2) is 30.7 Å². The lowest BCUT2D eigenvalue weighted by Crippen LogP contribution is -2.19. The normalized spacial score (nSPS) is 13.2. The summed E-state index contributed by atoms with van der Waals surface area (Å²) in [6.45, 7) is 3.52. The number of imide groups is 1. The third kappa shape index (κ3) is 2.05. The van der Waals surface area contributed by atoms with Crippen LogP contribution in [0, 0.1) is 0 Å². The highest BCUT2D eigenvalue weighted by atomic mass is 16.2. The summed E-state index contributed by atoms with van der Waals surface area (Å²) in [6, 6.07) is 5.15. The van der Waals surface area contributed by atoms with E-state index < -0.39 is 0 Å². The first-order valence-electron chi connectivity index (χ1n) is 6.41. The Morgan fingerprint density at radius 3 is 2.85 bits per heavy atom. The van der Waals surface area contributed by atoms with E-state index in [0.717, 1.165) is 17.9 Å². The lowest BCUT2D eigenvalue weighted by molar-refractivity contribution is 0.0879. The molecule has 6 heteroatoms. The molecule has 0 radical (unpaired) electrons. The first kappa shape index (κ1) is 12.4. The van der Waals surface area contributed by atoms with Crippen LogP contribution < -0.4 is 10.6 Å². The number of nitrogens with zero attached hydrogens (tertiary/aromatic N) is 2. The zero-order chi connectivity index (χ0) is 14.1. The van der Waals surface area contributed by atoms with Crippen molar-refractivity contribution in [3.05, 3.63) is 47.5 Å². The van der Waals surface area contributed by atoms with Gasteiger partial charge in [-0.2, -0.15) is 0 Å². The minimum absolute atomic E-state index is 0.333. The fourth-order valence-electron chi connectivity index (χ4n) is 2.25. The Hall–Kier alpha value is -2.63. The minimum atomic E-state index is -0.341. The molecule has 0 unspecified atom stereocenters. The molecule has 6 nitrogen and oxygen atoms in total. The largest absolute Gasteiger partial charge is 0.379 e. The first-order valence-corrected chi connectivity index (χ1v) is 6.41. The van der Waals surface area contributed by atoms with Gasteiger partial charge >= 0.3 is 0 Å². The van der Waals surface area contributed by atoms with Crippen LogP contribution in [-0.2, 0) is 13.1 Å². The summed E-state index contributed by atoms with van der Waals surface area (Å²) < 4.78 is 2.04. The molecular weight excluding hydrogens is 256 g/mol. The smallest absolute Gasteiger partial charge is 0.259 e. The van der Waals surface area contributed by atoms with Gasteiger partial charge in [-0.05, 0) is 25.1 Å². The molecule has 1 aliphatic rings. The molecule has 0 fully saturated rings. The van der Waals surface area contributed by atoms with E-state index in [1.165, 1.54) is 0 Å². The molecule has 2 amide bonds. The summed E-state index contributed by atoms with van der Waals surface area (Å²) >= 11 is 0. The van der Waals surface area contributed by atoms with Crippen LogP contribution in [0.4, 0.5) is 5.69 Å². The highest BCUT2D eigenvalue weighted by Crippen LogP contribution is 2.20. The van der Waals surface area contributed by atoms with Gasteiger partial charge in [0.15, 0.2) is 0 Å². The van der Waals surface area contributed by atoms with Crippen molar-refractivity contribution in [3.8, 4) is 0 Å². The zero-order valence-electron chi connectivity index (χ0n) is 11.0. The molecule has 1 aromatic heterocycles. The Balaban J connectivity index is 1.78. The Labute approximate surface area is 115 Å². The van der Waals surface area contributed by atoms with Crippen LogP contribution in [0.5, 0.6) is 0 Å². The second-order valence-electron chi connectivity index (χ2n) is 4.57. The van der Waals surface area contributed by atoms with Crippen molar-refractivity contribution in [2.45, 2.75) is 20.0 Å². The molecule has 0 saturated carbocycles. The van der Waals surface area contributed by atoms with Crippen LogP contribution in [0.2, 0.25) is 0 Å². The summed E-state index contributed by atoms with van der Waals surface area (Å²) in [5, 5.41) is 5.51. The molecule has 0 aliphatic carbocycles. The van der Waals surface area contributed by atoms with Crippen LogP contribution in [-0.4, -0.2) is 21.4 Å². The molecule has 2 aromatic rings. The number of imidazole rings is 1. The molecule has 20 heavy (non-hydrogen) atoms. The van der Waals surface area contributed by atoms with Gasteiger partial charge in [-0.1, -0.05) is 0 Å². The first-order chi connectivity index (χ1) is 9.69. The predicted molar refractivity (Wildman–Crippen MR) is 73.5 cm³/mol. The van der Waals surface area contributed by atoms with Gasteiger partial charge in [0.2, 0.25) is 0 Å². The van der Waals surface area contributed by atoms with Crippen molar-refractivity contribution < 1.29 is 9.59 Å². The number of benzene rings is 1. The number of nitrogens with one attached hydrogen (secondary N) is 2. The fourth-order valence-corrected chi connectivity index (χ4v) is 2.25. The number of anilines is 1. The van der Waals surface area contributed by atoms with Gasteiger partial charge in [-0.15, -0.1) is 0 Å². The number of carbonyl (C=O) groups excluding carboxylic acids is 2. The van der Waals surface area contributed by atoms with Gasteiger partial charge in [0.1, 0.15) is 0 Å². The van der Waals surface area contributed by atoms with Gasteiger partial charge < -0.3 is 9.88 Å². The van der Waals surface area contributed by atoms with Crippen LogP contribution in [0.1, 0.15) is 33.3 Å². The highest BCUT2D eigenvalue weighted by Gasteiger charge is 2.26. The maximum Gasteiger partial charge on any atom is 0.259 e. The number of amides is 2. The molecule has 1 aromatic carbocycles. The van der Waals surface area contributed by atoms with E-state index in [1.807, 2.05) is 4.57 Å². The third-order valence-electron chi connectivity index (χ3n) is 3.35. The molecule has 0 atom stereocenters. The molecule has 102 valence electrons. The van der Waals surface area contributed by atoms with Gasteiger partial charge in [-0.3, -0.25) is 14.9 Å². The second kappa shape index (κ2) is 4.80. The maximum absolute atomic E-state index is 11.6. The van der Waals surface area contributed by atoms with E-state index in [4.69, 9.17) is 0 Å². The van der Waals surface area contributed by atoms with Gasteiger partial charge in [0.25, 0.3) is 11.8 Å². The molecule has 2 N–H and O–H groups in total. The van der Waals surface area contributed by atoms with E-state index in [0.29, 0.717) is 17.7 Å². The number of hydrogen-bond acceptors (Lipinski definition) is 4. The highest BCUT2D eigenvalue weighted by molar-refractivity contribution is 6.21. The van der Waals surface area contributed by atoms with E-state index in [9.17, 15) is 9.59 Å². The third-order valence-corrected chi connectivity index (χ3v) is 3.35. The number of hydrogen-bond donors (Lipinski definition) is 2. The minimum Gasteiger partial charge on any atom is -0.379 e. The van der Waals surface area contributed by atoms with Crippen molar-refractivity contribution in [2.24, 2.45) is 0 Å². The monoisotopic (exact) mass is 270 g/mol. The Morgan fingerprint density at radius 2 is 2.05 bits per heavy atom. The van der Waals surface area contributed by atoms with Crippen molar-refractivity contribution in [2.75, 3.05) is 5.32 Å². The number of aromatic nitrogens is 2. The summed E-state index contributed by atoms with van der Waals surface area (Å²) in [5.41, 5.74) is 2.72. The van der Waals surface area contributed by atoms with Crippen LogP contribution in [0.25, 0.3) is 0 Å². The standard InChI is InChI=1S/C14H14N4O2/c1-2-18-8-15-6-10(18)7-16-9-3-4-11-12(5-9)14(20)17-13(11)19/h3-6,8,16H,2,7H2,1H3,(H,17,19,20). The van der Waals surface area contributed by atoms with Crippen molar-refractivity contribution in [1.82, 2.24) is 14.9 Å². The van der Waals surface area contributed by atoms with Gasteiger partial charge in [-0.25, -0.2) is 4.98 Å². The average Bonchev–Trinajstić information content (AvgIpc) is 3.02. The predicted octanol–water partition coefficient (Wildman–Crippen LogP) is 1.40. The molecule has 2 heterocycles. The Kier molecular flexibility index (Phi) is 2.98. The van der Waals surface area contributed by atoms with E-state index in [2.05, 4.69) is 22.5 Å². The lowest BCUT2D eigenvalue weighted by Gasteiger charge is -2.09. The zero-order valence-corrected chi connectivity index (χ0v) is 11.0. The van der Waals surface area contributed by atoms with E-state index in [-0.39, 0.29) is 11.8 Å². The molecule has 0 spiro atoms. The molecule has 3 rings (SSSR count). The quantitative estimate of drug-likeness (QED) is 0.823. The molecule has 0 saturated heterocycles. The van der Waals surface area contributed by atoms with E-state index >= 15 is 0 Å². The van der Waals surface area contributed by atoms with Crippen LogP contribution in [0.3, 0.4) is 0 Å². The number of aryl methyl sites for hydroxylation is 1. The summed E-state index contributed by atoms with van der Waals surface area (Å²) in [5.74, 6) is -0.673. The number of rotatable bonds is 4. The summed E-state index contributed by atoms with van der Waals surface area (Å²) in [6.07, 6.45) is 3.59. The molecule has 1 aliphatic heterocycles. The topological polar surface area (TPSA) is 76.0 Å². The lowest BCUT2D eigenvalue weighted by atomic mass is 10.1. The van der Waals surface area contributed by atoms with Crippen molar-refractivity contribution in [3.63, 3.8) is 0 Å². The molecule has 0 bridgehead atoms. The van der Waals surface area contributed by atoms with E-state index in [1.54, 1.807) is 30.7 Å². The number of carbonyl (C=O) groups is 2. The Morgan fingerprint density at radius 1 is 1.25 bits per heavy atom. The van der Waals surface area contributed by atoms with Crippen molar-refractivity contribution in [1.29, 1.82) is 0 Å². The fraction of sp³-hybridized carbons (Fsp3) is 0.214. The average molecular weight is 270 g/mol. The van der Waals surface area contributed by atoms with Gasteiger partial charge in [0, 0.05) is 18.4 Å². The number of fused-ring (bicyclic) bond motifs is 1. The summed E-state index contributed by atoms with van der Waals surface area (Å²) in [4.78, 5) is 27.1. The summed E-state index contributed by atoms with van der Waals surface area (Å²) in [7, 11) is 0. The SMILES string of the molecule is CCn1cncc1CNc1ccc2c(c1)C(=O)NC2=O. The Bertz CT molecular complexity index is 690. The van der Waals surface area contributed by atoms with Crippen LogP contribution >= 0.6 is 0 Å². The van der Waals surface area contributed by atoms with Gasteiger partial charge in [0.05, 0.1) is 29.7 Å². The second-order valence-corrected chi connectivity index (χ2v) is 4.57. The van der Waals surface area contributed by atoms with Crippen molar-refractivity contribution >= 4 is 17.5 Å². The maximum atomic E-state index is 11.6.